The fourth-order valence-corrected chi connectivity index (χ4v) is 5.99. The van der Waals surface area contributed by atoms with Crippen molar-refractivity contribution in [2.75, 3.05) is 30.9 Å². The van der Waals surface area contributed by atoms with Gasteiger partial charge < -0.3 is 10.0 Å². The van der Waals surface area contributed by atoms with Crippen molar-refractivity contribution in [3.8, 4) is 0 Å². The number of carboxylic acids is 1. The predicted octanol–water partition coefficient (Wildman–Crippen LogP) is 3.62. The first-order valence-corrected chi connectivity index (χ1v) is 14.0. The van der Waals surface area contributed by atoms with Crippen LogP contribution in [0.25, 0.3) is 10.9 Å². The molecule has 10 heteroatoms. The molecule has 1 amide bonds. The molecule has 1 aliphatic heterocycles. The number of aromatic nitrogens is 1. The van der Waals surface area contributed by atoms with Gasteiger partial charge in [0, 0.05) is 55.6 Å². The summed E-state index contributed by atoms with van der Waals surface area (Å²) in [4.78, 5) is 32.4. The zero-order valence-corrected chi connectivity index (χ0v) is 22.0. The highest BCUT2D eigenvalue weighted by Crippen LogP contribution is 2.24. The summed E-state index contributed by atoms with van der Waals surface area (Å²) in [7, 11) is -3.88. The van der Waals surface area contributed by atoms with E-state index < -0.39 is 16.0 Å². The molecule has 1 aromatic heterocycles. The number of hydrogen-bond acceptors (Lipinski definition) is 6. The summed E-state index contributed by atoms with van der Waals surface area (Å²) in [6.07, 6.45) is 1.55. The van der Waals surface area contributed by atoms with Crippen LogP contribution in [-0.2, 0) is 27.8 Å². The zero-order chi connectivity index (χ0) is 27.4. The molecule has 0 bridgehead atoms. The Labute approximate surface area is 226 Å². The average molecular weight is 545 g/mol. The van der Waals surface area contributed by atoms with E-state index in [9.17, 15) is 18.0 Å². The summed E-state index contributed by atoms with van der Waals surface area (Å²) in [6, 6.07) is 22.6. The largest absolute Gasteiger partial charge is 0.481 e. The summed E-state index contributed by atoms with van der Waals surface area (Å²) in [5.41, 5.74) is 3.06. The van der Waals surface area contributed by atoms with Crippen LogP contribution in [0.2, 0.25) is 0 Å². The molecule has 5 rings (SSSR count). The average Bonchev–Trinajstić information content (AvgIpc) is 2.93. The normalized spacial score (nSPS) is 14.3. The van der Waals surface area contributed by atoms with Gasteiger partial charge in [0.2, 0.25) is 0 Å². The van der Waals surface area contributed by atoms with E-state index in [1.54, 1.807) is 59.6 Å². The summed E-state index contributed by atoms with van der Waals surface area (Å²) in [5.74, 6) is -0.961. The van der Waals surface area contributed by atoms with Crippen molar-refractivity contribution >= 4 is 38.5 Å². The topological polar surface area (TPSA) is 120 Å². The van der Waals surface area contributed by atoms with E-state index >= 15 is 0 Å². The molecule has 0 aliphatic carbocycles. The van der Waals surface area contributed by atoms with Crippen LogP contribution in [-0.4, -0.2) is 66.4 Å². The van der Waals surface area contributed by atoms with Crippen LogP contribution in [0.3, 0.4) is 0 Å². The molecule has 2 heterocycles. The van der Waals surface area contributed by atoms with Crippen molar-refractivity contribution in [3.63, 3.8) is 0 Å². The van der Waals surface area contributed by atoms with Gasteiger partial charge in [-0.1, -0.05) is 42.5 Å². The number of carboxylic acid groups (broad SMARTS) is 1. The number of sulfonamides is 1. The van der Waals surface area contributed by atoms with Crippen LogP contribution in [0.15, 0.2) is 90.0 Å². The first-order valence-electron chi connectivity index (χ1n) is 12.6. The number of piperazine rings is 1. The van der Waals surface area contributed by atoms with Crippen LogP contribution in [0.4, 0.5) is 5.69 Å². The molecule has 200 valence electrons. The number of fused-ring (bicyclic) bond motifs is 1. The maximum Gasteiger partial charge on any atom is 0.307 e. The quantitative estimate of drug-likeness (QED) is 0.348. The van der Waals surface area contributed by atoms with Crippen molar-refractivity contribution in [1.82, 2.24) is 14.8 Å². The summed E-state index contributed by atoms with van der Waals surface area (Å²) >= 11 is 0. The Hall–Kier alpha value is -4.28. The van der Waals surface area contributed by atoms with Crippen LogP contribution >= 0.6 is 0 Å². The molecule has 0 radical (unpaired) electrons. The molecule has 39 heavy (non-hydrogen) atoms. The number of benzene rings is 3. The second-order valence-corrected chi connectivity index (χ2v) is 11.1. The molecular weight excluding hydrogens is 516 g/mol. The molecular formula is C29H28N4O5S. The van der Waals surface area contributed by atoms with Gasteiger partial charge in [0.05, 0.1) is 11.9 Å². The van der Waals surface area contributed by atoms with Gasteiger partial charge in [-0.2, -0.15) is 0 Å². The monoisotopic (exact) mass is 544 g/mol. The number of amides is 1. The third kappa shape index (κ3) is 6.24. The predicted molar refractivity (Wildman–Crippen MR) is 148 cm³/mol. The Morgan fingerprint density at radius 2 is 1.56 bits per heavy atom. The molecule has 3 aromatic carbocycles. The lowest BCUT2D eigenvalue weighted by Crippen LogP contribution is -2.48. The Balaban J connectivity index is 1.18. The molecule has 1 saturated heterocycles. The third-order valence-electron chi connectivity index (χ3n) is 6.68. The van der Waals surface area contributed by atoms with Gasteiger partial charge >= 0.3 is 5.97 Å². The van der Waals surface area contributed by atoms with E-state index in [2.05, 4.69) is 14.6 Å². The zero-order valence-electron chi connectivity index (χ0n) is 21.2. The number of nitrogens with zero attached hydrogens (tertiary/aromatic N) is 3. The number of pyridine rings is 1. The van der Waals surface area contributed by atoms with Gasteiger partial charge in [-0.25, -0.2) is 8.42 Å². The molecule has 0 unspecified atom stereocenters. The summed E-state index contributed by atoms with van der Waals surface area (Å²) in [5, 5.41) is 9.75. The minimum atomic E-state index is -3.88. The smallest absolute Gasteiger partial charge is 0.307 e. The van der Waals surface area contributed by atoms with Crippen LogP contribution < -0.4 is 4.72 Å². The Morgan fingerprint density at radius 3 is 2.31 bits per heavy atom. The van der Waals surface area contributed by atoms with Gasteiger partial charge in [-0.3, -0.25) is 24.2 Å². The van der Waals surface area contributed by atoms with E-state index in [0.717, 1.165) is 16.5 Å². The Kier molecular flexibility index (Phi) is 7.58. The first-order chi connectivity index (χ1) is 18.8. The molecule has 0 saturated carbocycles. The van der Waals surface area contributed by atoms with Gasteiger partial charge in [-0.15, -0.1) is 0 Å². The number of nitrogens with one attached hydrogen (secondary N) is 1. The second-order valence-electron chi connectivity index (χ2n) is 9.47. The molecule has 0 atom stereocenters. The maximum absolute atomic E-state index is 13.1. The number of hydrogen-bond donors (Lipinski definition) is 2. The summed E-state index contributed by atoms with van der Waals surface area (Å²) in [6.45, 7) is 3.22. The van der Waals surface area contributed by atoms with E-state index in [0.29, 0.717) is 49.5 Å². The minimum absolute atomic E-state index is 0.00324. The number of aliphatic carboxylic acids is 1. The Bertz CT molecular complexity index is 1610. The van der Waals surface area contributed by atoms with E-state index in [1.165, 1.54) is 6.07 Å². The van der Waals surface area contributed by atoms with Crippen molar-refractivity contribution in [1.29, 1.82) is 0 Å². The van der Waals surface area contributed by atoms with Crippen molar-refractivity contribution in [2.24, 2.45) is 0 Å². The minimum Gasteiger partial charge on any atom is -0.481 e. The van der Waals surface area contributed by atoms with E-state index in [-0.39, 0.29) is 17.2 Å². The third-order valence-corrected chi connectivity index (χ3v) is 8.09. The highest BCUT2D eigenvalue weighted by atomic mass is 32.2. The van der Waals surface area contributed by atoms with Gasteiger partial charge in [0.25, 0.3) is 15.9 Å². The van der Waals surface area contributed by atoms with Gasteiger partial charge in [-0.05, 0) is 47.5 Å². The molecule has 4 aromatic rings. The summed E-state index contributed by atoms with van der Waals surface area (Å²) < 4.78 is 28.7. The van der Waals surface area contributed by atoms with Crippen LogP contribution in [0.1, 0.15) is 21.5 Å². The fraction of sp³-hybridized carbons (Fsp3) is 0.207. The van der Waals surface area contributed by atoms with Gasteiger partial charge in [0.1, 0.15) is 4.90 Å². The van der Waals surface area contributed by atoms with E-state index in [1.807, 2.05) is 24.3 Å². The first kappa shape index (κ1) is 26.3. The lowest BCUT2D eigenvalue weighted by molar-refractivity contribution is -0.136. The van der Waals surface area contributed by atoms with Crippen molar-refractivity contribution in [3.05, 3.63) is 102 Å². The number of anilines is 1. The standard InChI is InChI=1S/C29H28N4O5S/c34-27(35)19-21-4-1-5-22(18-21)20-32-14-16-33(17-15-32)29(36)24-9-11-25(12-10-24)31-39(37,38)26-8-2-6-23-7-3-13-30-28(23)26/h1-13,18,31H,14-17,19-20H2,(H,34,35). The lowest BCUT2D eigenvalue weighted by Gasteiger charge is -2.35. The molecule has 1 aliphatic rings. The van der Waals surface area contributed by atoms with E-state index in [4.69, 9.17) is 5.11 Å². The molecule has 1 fully saturated rings. The molecule has 9 nitrogen and oxygen atoms in total. The number of carbonyl (C=O) groups excluding carboxylic acids is 1. The number of para-hydroxylation sites is 1. The fourth-order valence-electron chi connectivity index (χ4n) is 4.75. The SMILES string of the molecule is O=C(O)Cc1cccc(CN2CCN(C(=O)c3ccc(NS(=O)(=O)c4cccc5cccnc45)cc3)CC2)c1. The van der Waals surface area contributed by atoms with Crippen molar-refractivity contribution in [2.45, 2.75) is 17.9 Å². The second kappa shape index (κ2) is 11.2. The van der Waals surface area contributed by atoms with Crippen LogP contribution in [0.5, 0.6) is 0 Å². The molecule has 2 N–H and O–H groups in total. The van der Waals surface area contributed by atoms with Crippen LogP contribution in [0, 0.1) is 0 Å². The number of carbonyl (C=O) groups is 2. The number of rotatable bonds is 8. The maximum atomic E-state index is 13.1. The lowest BCUT2D eigenvalue weighted by atomic mass is 10.1. The highest BCUT2D eigenvalue weighted by Gasteiger charge is 2.23. The molecule has 0 spiro atoms. The Morgan fingerprint density at radius 1 is 0.872 bits per heavy atom. The van der Waals surface area contributed by atoms with Gasteiger partial charge in [0.15, 0.2) is 0 Å². The highest BCUT2D eigenvalue weighted by molar-refractivity contribution is 7.93. The van der Waals surface area contributed by atoms with Crippen molar-refractivity contribution < 1.29 is 23.1 Å².